The number of hydrogen-bond donors (Lipinski definition) is 0. The first-order valence-electron chi connectivity index (χ1n) is 8.59. The molecule has 1 aliphatic rings. The van der Waals surface area contributed by atoms with Crippen LogP contribution in [0.2, 0.25) is 0 Å². The van der Waals surface area contributed by atoms with Gasteiger partial charge in [-0.1, -0.05) is 26.8 Å². The third kappa shape index (κ3) is 4.13. The minimum atomic E-state index is -3.67. The van der Waals surface area contributed by atoms with E-state index in [0.29, 0.717) is 38.6 Å². The van der Waals surface area contributed by atoms with E-state index in [1.807, 2.05) is 0 Å². The van der Waals surface area contributed by atoms with Gasteiger partial charge in [-0.05, 0) is 18.2 Å². The van der Waals surface area contributed by atoms with Crippen molar-refractivity contribution < 1.29 is 17.2 Å². The molecule has 0 radical (unpaired) electrons. The van der Waals surface area contributed by atoms with E-state index in [-0.39, 0.29) is 10.3 Å². The molecule has 0 N–H and O–H groups in total. The second kappa shape index (κ2) is 7.09. The lowest BCUT2D eigenvalue weighted by molar-refractivity contribution is 0.166. The first-order chi connectivity index (χ1) is 12.2. The molecule has 0 spiro atoms. The molecule has 0 amide bonds. The van der Waals surface area contributed by atoms with Gasteiger partial charge in [0.1, 0.15) is 11.6 Å². The number of nitrogens with zero attached hydrogens (tertiary/aromatic N) is 3. The number of benzene rings is 1. The topological polar surface area (TPSA) is 66.7 Å². The summed E-state index contributed by atoms with van der Waals surface area (Å²) in [6.07, 6.45) is 1.75. The van der Waals surface area contributed by atoms with Gasteiger partial charge in [0, 0.05) is 31.6 Å². The van der Waals surface area contributed by atoms with Gasteiger partial charge in [-0.3, -0.25) is 4.90 Å². The van der Waals surface area contributed by atoms with Gasteiger partial charge in [-0.25, -0.2) is 17.8 Å². The lowest BCUT2D eigenvalue weighted by Crippen LogP contribution is -2.48. The van der Waals surface area contributed by atoms with E-state index in [1.54, 1.807) is 6.20 Å². The number of sulfonamides is 1. The summed E-state index contributed by atoms with van der Waals surface area (Å²) < 4.78 is 45.8. The number of piperazine rings is 1. The van der Waals surface area contributed by atoms with Crippen molar-refractivity contribution in [2.45, 2.75) is 37.6 Å². The summed E-state index contributed by atoms with van der Waals surface area (Å²) in [6.45, 7) is 8.58. The van der Waals surface area contributed by atoms with E-state index in [4.69, 9.17) is 4.42 Å². The Morgan fingerprint density at radius 1 is 1.19 bits per heavy atom. The summed E-state index contributed by atoms with van der Waals surface area (Å²) in [7, 11) is -3.67. The fourth-order valence-electron chi connectivity index (χ4n) is 2.83. The molecule has 26 heavy (non-hydrogen) atoms. The summed E-state index contributed by atoms with van der Waals surface area (Å²) in [5.74, 6) is 0.916. The molecule has 0 saturated carbocycles. The monoisotopic (exact) mass is 381 g/mol. The minimum Gasteiger partial charge on any atom is -0.444 e. The van der Waals surface area contributed by atoms with Crippen LogP contribution in [0.3, 0.4) is 0 Å². The first-order valence-corrected chi connectivity index (χ1v) is 10.0. The highest BCUT2D eigenvalue weighted by Gasteiger charge is 2.29. The highest BCUT2D eigenvalue weighted by atomic mass is 32.2. The third-order valence-corrected chi connectivity index (χ3v) is 6.31. The van der Waals surface area contributed by atoms with Crippen LogP contribution in [-0.2, 0) is 22.0 Å². The first kappa shape index (κ1) is 19.0. The van der Waals surface area contributed by atoms with Crippen molar-refractivity contribution in [3.8, 4) is 0 Å². The summed E-state index contributed by atoms with van der Waals surface area (Å²) >= 11 is 0. The van der Waals surface area contributed by atoms with Gasteiger partial charge in [-0.2, -0.15) is 4.31 Å². The summed E-state index contributed by atoms with van der Waals surface area (Å²) in [4.78, 5) is 6.42. The van der Waals surface area contributed by atoms with E-state index >= 15 is 0 Å². The van der Waals surface area contributed by atoms with Crippen molar-refractivity contribution in [2.24, 2.45) is 0 Å². The Morgan fingerprint density at radius 2 is 1.88 bits per heavy atom. The van der Waals surface area contributed by atoms with Crippen LogP contribution >= 0.6 is 0 Å². The van der Waals surface area contributed by atoms with E-state index in [9.17, 15) is 12.8 Å². The maximum atomic E-state index is 13.3. The Morgan fingerprint density at radius 3 is 2.46 bits per heavy atom. The maximum Gasteiger partial charge on any atom is 0.243 e. The van der Waals surface area contributed by atoms with Crippen LogP contribution < -0.4 is 0 Å². The highest BCUT2D eigenvalue weighted by Crippen LogP contribution is 2.24. The molecule has 0 aliphatic carbocycles. The van der Waals surface area contributed by atoms with Crippen LogP contribution in [-0.4, -0.2) is 48.8 Å². The Labute approximate surface area is 153 Å². The van der Waals surface area contributed by atoms with Crippen molar-refractivity contribution in [1.29, 1.82) is 0 Å². The molecule has 1 aromatic heterocycles. The zero-order valence-corrected chi connectivity index (χ0v) is 16.1. The van der Waals surface area contributed by atoms with E-state index in [2.05, 4.69) is 30.7 Å². The average molecular weight is 381 g/mol. The summed E-state index contributed by atoms with van der Waals surface area (Å²) in [5, 5.41) is 0. The quantitative estimate of drug-likeness (QED) is 0.814. The lowest BCUT2D eigenvalue weighted by Gasteiger charge is -2.33. The molecule has 1 fully saturated rings. The van der Waals surface area contributed by atoms with Crippen molar-refractivity contribution >= 4 is 10.0 Å². The van der Waals surface area contributed by atoms with E-state index in [1.165, 1.54) is 22.5 Å². The Bertz CT molecular complexity index is 866. The van der Waals surface area contributed by atoms with Gasteiger partial charge < -0.3 is 4.42 Å². The second-order valence-electron chi connectivity index (χ2n) is 7.51. The van der Waals surface area contributed by atoms with Crippen LogP contribution in [0.4, 0.5) is 4.39 Å². The fraction of sp³-hybridized carbons (Fsp3) is 0.500. The van der Waals surface area contributed by atoms with Gasteiger partial charge in [0.2, 0.25) is 15.9 Å². The SMILES string of the molecule is CC(C)(C)c1cnc(CN2CCN(S(=O)(=O)c3cccc(F)c3)CC2)o1. The Kier molecular flexibility index (Phi) is 5.18. The van der Waals surface area contributed by atoms with Gasteiger partial charge in [-0.15, -0.1) is 0 Å². The van der Waals surface area contributed by atoms with E-state index in [0.717, 1.165) is 11.8 Å². The van der Waals surface area contributed by atoms with Crippen molar-refractivity contribution in [2.75, 3.05) is 26.2 Å². The lowest BCUT2D eigenvalue weighted by atomic mass is 9.94. The number of rotatable bonds is 4. The molecular formula is C18H24FN3O3S. The van der Waals surface area contributed by atoms with Crippen LogP contribution in [0.5, 0.6) is 0 Å². The molecule has 1 aliphatic heterocycles. The zero-order valence-electron chi connectivity index (χ0n) is 15.3. The molecule has 3 rings (SSSR count). The van der Waals surface area contributed by atoms with Crippen LogP contribution in [0, 0.1) is 5.82 Å². The smallest absolute Gasteiger partial charge is 0.243 e. The van der Waals surface area contributed by atoms with Crippen molar-refractivity contribution in [1.82, 2.24) is 14.2 Å². The molecule has 142 valence electrons. The molecule has 6 nitrogen and oxygen atoms in total. The standard InChI is InChI=1S/C18H24FN3O3S/c1-18(2,3)16-12-20-17(25-16)13-21-7-9-22(10-8-21)26(23,24)15-6-4-5-14(19)11-15/h4-6,11-12H,7-10,13H2,1-3H3. The zero-order chi connectivity index (χ0) is 18.9. The largest absolute Gasteiger partial charge is 0.444 e. The average Bonchev–Trinajstić information content (AvgIpc) is 3.04. The molecular weight excluding hydrogens is 357 g/mol. The van der Waals surface area contributed by atoms with Crippen LogP contribution in [0.1, 0.15) is 32.4 Å². The normalized spacial score (nSPS) is 17.5. The molecule has 0 bridgehead atoms. The molecule has 2 aromatic rings. The molecule has 0 unspecified atom stereocenters. The van der Waals surface area contributed by atoms with Crippen molar-refractivity contribution in [3.05, 3.63) is 47.9 Å². The van der Waals surface area contributed by atoms with Gasteiger partial charge >= 0.3 is 0 Å². The molecule has 2 heterocycles. The Balaban J connectivity index is 1.61. The van der Waals surface area contributed by atoms with E-state index < -0.39 is 15.8 Å². The maximum absolute atomic E-state index is 13.3. The van der Waals surface area contributed by atoms with Crippen LogP contribution in [0.25, 0.3) is 0 Å². The predicted molar refractivity (Wildman–Crippen MR) is 95.6 cm³/mol. The van der Waals surface area contributed by atoms with Gasteiger partial charge in [0.25, 0.3) is 0 Å². The molecule has 8 heteroatoms. The summed E-state index contributed by atoms with van der Waals surface area (Å²) in [6, 6.07) is 5.13. The van der Waals surface area contributed by atoms with Gasteiger partial charge in [0.05, 0.1) is 17.6 Å². The molecule has 0 atom stereocenters. The minimum absolute atomic E-state index is 0.00605. The third-order valence-electron chi connectivity index (χ3n) is 4.42. The number of aromatic nitrogens is 1. The molecule has 1 aromatic carbocycles. The fourth-order valence-corrected chi connectivity index (χ4v) is 4.28. The highest BCUT2D eigenvalue weighted by molar-refractivity contribution is 7.89. The number of hydrogen-bond acceptors (Lipinski definition) is 5. The van der Waals surface area contributed by atoms with Gasteiger partial charge in [0.15, 0.2) is 0 Å². The number of oxazole rings is 1. The van der Waals surface area contributed by atoms with Crippen molar-refractivity contribution in [3.63, 3.8) is 0 Å². The number of halogens is 1. The second-order valence-corrected chi connectivity index (χ2v) is 9.44. The summed E-state index contributed by atoms with van der Waals surface area (Å²) in [5.41, 5.74) is -0.0943. The Hall–Kier alpha value is -1.77. The van der Waals surface area contributed by atoms with Crippen LogP contribution in [0.15, 0.2) is 39.8 Å². The molecule has 1 saturated heterocycles. The predicted octanol–water partition coefficient (Wildman–Crippen LogP) is 2.62.